The molecule has 62 valence electrons. The van der Waals surface area contributed by atoms with Crippen LogP contribution in [0.3, 0.4) is 0 Å². The van der Waals surface area contributed by atoms with Crippen LogP contribution in [0.25, 0.3) is 10.7 Å². The molecule has 0 fully saturated rings. The summed E-state index contributed by atoms with van der Waals surface area (Å²) in [5, 5.41) is 2.61. The Kier molecular flexibility index (Phi) is 1.93. The van der Waals surface area contributed by atoms with Crippen LogP contribution in [0, 0.1) is 0 Å². The van der Waals surface area contributed by atoms with Crippen LogP contribution in [0.4, 0.5) is 0 Å². The Labute approximate surface area is 80.1 Å². The van der Waals surface area contributed by atoms with E-state index in [1.807, 2.05) is 0 Å². The van der Waals surface area contributed by atoms with E-state index in [1.54, 1.807) is 0 Å². The Morgan fingerprint density at radius 3 is 2.92 bits per heavy atom. The zero-order valence-corrected chi connectivity index (χ0v) is 8.51. The van der Waals surface area contributed by atoms with E-state index in [0.29, 0.717) is 0 Å². The van der Waals surface area contributed by atoms with Crippen LogP contribution >= 0.6 is 15.9 Å². The van der Waals surface area contributed by atoms with E-state index >= 15 is 0 Å². The lowest BCUT2D eigenvalue weighted by atomic mass is 10.2. The molecule has 0 unspecified atom stereocenters. The van der Waals surface area contributed by atoms with E-state index in [-0.39, 0.29) is 0 Å². The molecule has 1 aromatic rings. The third kappa shape index (κ3) is 1.16. The average Bonchev–Trinajstić information content (AvgIpc) is 2.12. The zero-order chi connectivity index (χ0) is 8.55. The summed E-state index contributed by atoms with van der Waals surface area (Å²) >= 11 is 3.57. The standard InChI is InChI=1S/C10H10BrN/c1-12-7-6-8-4-2-3-5-9(8)10(12)11/h2-6H,7H2,1H3. The molecule has 1 aromatic carbocycles. The predicted molar refractivity (Wildman–Crippen MR) is 55.1 cm³/mol. The van der Waals surface area contributed by atoms with Crippen LogP contribution < -0.4 is 10.4 Å². The zero-order valence-electron chi connectivity index (χ0n) is 6.92. The second-order valence-electron chi connectivity index (χ2n) is 2.96. The van der Waals surface area contributed by atoms with E-state index in [1.165, 1.54) is 15.0 Å². The van der Waals surface area contributed by atoms with Gasteiger partial charge in [-0.25, -0.2) is 0 Å². The monoisotopic (exact) mass is 223 g/mol. The molecule has 0 radical (unpaired) electrons. The van der Waals surface area contributed by atoms with E-state index < -0.39 is 0 Å². The fraction of sp³-hybridized carbons (Fsp3) is 0.200. The summed E-state index contributed by atoms with van der Waals surface area (Å²) in [6.45, 7) is 0.984. The maximum atomic E-state index is 3.57. The SMILES string of the molecule is CN1CC=c2ccccc2=C1Br. The van der Waals surface area contributed by atoms with Crippen molar-refractivity contribution in [2.75, 3.05) is 13.6 Å². The van der Waals surface area contributed by atoms with Gasteiger partial charge in [0.2, 0.25) is 0 Å². The first kappa shape index (κ1) is 7.87. The van der Waals surface area contributed by atoms with Crippen molar-refractivity contribution in [1.82, 2.24) is 4.90 Å². The maximum absolute atomic E-state index is 3.57. The van der Waals surface area contributed by atoms with Crippen LogP contribution in [-0.4, -0.2) is 18.5 Å². The number of halogens is 1. The number of rotatable bonds is 0. The van der Waals surface area contributed by atoms with Gasteiger partial charge in [0.1, 0.15) is 0 Å². The molecule has 2 heteroatoms. The lowest BCUT2D eigenvalue weighted by Gasteiger charge is -2.19. The molecule has 0 aromatic heterocycles. The molecule has 0 spiro atoms. The van der Waals surface area contributed by atoms with Gasteiger partial charge in [0, 0.05) is 18.8 Å². The summed E-state index contributed by atoms with van der Waals surface area (Å²) in [5.41, 5.74) is 0. The highest BCUT2D eigenvalue weighted by molar-refractivity contribution is 9.14. The van der Waals surface area contributed by atoms with E-state index in [9.17, 15) is 0 Å². The number of benzene rings is 1. The Hall–Kier alpha value is -0.760. The molecule has 1 nitrogen and oxygen atoms in total. The maximum Gasteiger partial charge on any atom is 0.0885 e. The highest BCUT2D eigenvalue weighted by atomic mass is 79.9. The van der Waals surface area contributed by atoms with Crippen molar-refractivity contribution in [3.05, 3.63) is 34.7 Å². The predicted octanol–water partition coefficient (Wildman–Crippen LogP) is 0.873. The highest BCUT2D eigenvalue weighted by Gasteiger charge is 2.04. The Bertz CT molecular complexity index is 408. The van der Waals surface area contributed by atoms with Gasteiger partial charge in [0.15, 0.2) is 0 Å². The largest absolute Gasteiger partial charge is 0.365 e. The number of hydrogen-bond donors (Lipinski definition) is 0. The van der Waals surface area contributed by atoms with Gasteiger partial charge in [-0.3, -0.25) is 0 Å². The van der Waals surface area contributed by atoms with Crippen molar-refractivity contribution in [2.45, 2.75) is 0 Å². The van der Waals surface area contributed by atoms with Crippen molar-refractivity contribution in [3.8, 4) is 0 Å². The molecule has 0 N–H and O–H groups in total. The van der Waals surface area contributed by atoms with Crippen LogP contribution in [0.5, 0.6) is 0 Å². The van der Waals surface area contributed by atoms with Gasteiger partial charge < -0.3 is 4.90 Å². The fourth-order valence-electron chi connectivity index (χ4n) is 1.38. The van der Waals surface area contributed by atoms with E-state index in [0.717, 1.165) is 6.54 Å². The van der Waals surface area contributed by atoms with Crippen molar-refractivity contribution in [1.29, 1.82) is 0 Å². The summed E-state index contributed by atoms with van der Waals surface area (Å²) < 4.78 is 1.18. The minimum absolute atomic E-state index is 0.984. The quantitative estimate of drug-likeness (QED) is 0.591. The third-order valence-corrected chi connectivity index (χ3v) is 3.14. The molecular weight excluding hydrogens is 214 g/mol. The first-order chi connectivity index (χ1) is 5.79. The van der Waals surface area contributed by atoms with Crippen molar-refractivity contribution in [3.63, 3.8) is 0 Å². The van der Waals surface area contributed by atoms with E-state index in [2.05, 4.69) is 58.2 Å². The first-order valence-electron chi connectivity index (χ1n) is 3.95. The second kappa shape index (κ2) is 2.94. The minimum Gasteiger partial charge on any atom is -0.365 e. The van der Waals surface area contributed by atoms with Crippen molar-refractivity contribution < 1.29 is 0 Å². The van der Waals surface area contributed by atoms with Crippen molar-refractivity contribution >= 4 is 26.6 Å². The molecule has 0 amide bonds. The first-order valence-corrected chi connectivity index (χ1v) is 4.74. The van der Waals surface area contributed by atoms with Crippen LogP contribution in [0.1, 0.15) is 0 Å². The topological polar surface area (TPSA) is 3.24 Å². The second-order valence-corrected chi connectivity index (χ2v) is 3.71. The summed E-state index contributed by atoms with van der Waals surface area (Å²) in [5.74, 6) is 0. The Morgan fingerprint density at radius 2 is 2.08 bits per heavy atom. The Morgan fingerprint density at radius 1 is 1.33 bits per heavy atom. The number of hydrogen-bond acceptors (Lipinski definition) is 1. The highest BCUT2D eigenvalue weighted by Crippen LogP contribution is 2.09. The number of fused-ring (bicyclic) bond motifs is 1. The Balaban J connectivity index is 2.83. The summed E-state index contributed by atoms with van der Waals surface area (Å²) in [7, 11) is 2.08. The molecule has 0 saturated carbocycles. The van der Waals surface area contributed by atoms with Crippen LogP contribution in [-0.2, 0) is 0 Å². The van der Waals surface area contributed by atoms with Gasteiger partial charge in [0.25, 0.3) is 0 Å². The number of nitrogens with zero attached hydrogens (tertiary/aromatic N) is 1. The van der Waals surface area contributed by atoms with Gasteiger partial charge in [-0.1, -0.05) is 30.3 Å². The molecular formula is C10H10BrN. The van der Waals surface area contributed by atoms with Crippen molar-refractivity contribution in [2.24, 2.45) is 0 Å². The molecule has 1 aliphatic rings. The molecule has 0 bridgehead atoms. The van der Waals surface area contributed by atoms with Crippen LogP contribution in [0.2, 0.25) is 0 Å². The molecule has 0 aliphatic carbocycles. The smallest absolute Gasteiger partial charge is 0.0885 e. The van der Waals surface area contributed by atoms with Gasteiger partial charge in [-0.15, -0.1) is 0 Å². The van der Waals surface area contributed by atoms with Gasteiger partial charge in [0.05, 0.1) is 4.61 Å². The van der Waals surface area contributed by atoms with Gasteiger partial charge in [-0.2, -0.15) is 0 Å². The third-order valence-electron chi connectivity index (χ3n) is 2.10. The lowest BCUT2D eigenvalue weighted by Crippen LogP contribution is -2.36. The molecule has 1 aliphatic heterocycles. The molecule has 2 rings (SSSR count). The summed E-state index contributed by atoms with van der Waals surface area (Å²) in [6.07, 6.45) is 2.24. The fourth-order valence-corrected chi connectivity index (χ4v) is 1.89. The van der Waals surface area contributed by atoms with Crippen LogP contribution in [0.15, 0.2) is 24.3 Å². The van der Waals surface area contributed by atoms with Gasteiger partial charge in [-0.05, 0) is 21.1 Å². The average molecular weight is 224 g/mol. The normalized spacial score (nSPS) is 15.5. The lowest BCUT2D eigenvalue weighted by molar-refractivity contribution is 0.557. The molecule has 1 heterocycles. The molecule has 0 atom stereocenters. The summed E-state index contributed by atoms with van der Waals surface area (Å²) in [6, 6.07) is 8.41. The van der Waals surface area contributed by atoms with Gasteiger partial charge >= 0.3 is 0 Å². The summed E-state index contributed by atoms with van der Waals surface area (Å²) in [4.78, 5) is 2.18. The minimum atomic E-state index is 0.984. The van der Waals surface area contributed by atoms with E-state index in [4.69, 9.17) is 0 Å². The molecule has 0 saturated heterocycles. The molecule has 12 heavy (non-hydrogen) atoms.